The predicted octanol–water partition coefficient (Wildman–Crippen LogP) is 4.77. The van der Waals surface area contributed by atoms with Gasteiger partial charge in [-0.2, -0.15) is 0 Å². The average molecular weight is 344 g/mol. The number of nitrogens with one attached hydrogen (secondary N) is 1. The molecule has 0 amide bonds. The zero-order valence-corrected chi connectivity index (χ0v) is 15.0. The molecule has 5 nitrogen and oxygen atoms in total. The van der Waals surface area contributed by atoms with Gasteiger partial charge in [0.2, 0.25) is 0 Å². The first-order chi connectivity index (χ1) is 12.7. The molecule has 4 aromatic rings. The summed E-state index contributed by atoms with van der Waals surface area (Å²) in [6, 6.07) is 14.3. The molecule has 0 spiro atoms. The van der Waals surface area contributed by atoms with Crippen LogP contribution in [0.15, 0.2) is 61.1 Å². The van der Waals surface area contributed by atoms with Crippen LogP contribution in [-0.4, -0.2) is 21.5 Å². The van der Waals surface area contributed by atoms with Crippen molar-refractivity contribution in [3.8, 4) is 17.0 Å². The summed E-state index contributed by atoms with van der Waals surface area (Å²) in [7, 11) is 1.67. The number of ether oxygens (including phenoxy) is 1. The van der Waals surface area contributed by atoms with E-state index >= 15 is 0 Å². The summed E-state index contributed by atoms with van der Waals surface area (Å²) in [5, 5.41) is 3.56. The van der Waals surface area contributed by atoms with E-state index in [2.05, 4.69) is 42.3 Å². The number of fused-ring (bicyclic) bond motifs is 1. The van der Waals surface area contributed by atoms with E-state index in [1.165, 1.54) is 11.1 Å². The first-order valence-electron chi connectivity index (χ1n) is 8.46. The molecule has 0 unspecified atom stereocenters. The number of anilines is 2. The normalized spacial score (nSPS) is 10.9. The molecule has 5 heteroatoms. The standard InChI is InChI=1S/C21H20N4O/c1-14-4-9-18(15(2)12-14)23-21-20(16-5-7-17(26-3)8-6-16)24-19-13-22-10-11-25(19)21/h4-13,23H,1-3H3. The van der Waals surface area contributed by atoms with Crippen molar-refractivity contribution < 1.29 is 4.74 Å². The van der Waals surface area contributed by atoms with Crippen LogP contribution in [0.3, 0.4) is 0 Å². The minimum atomic E-state index is 0.797. The van der Waals surface area contributed by atoms with Crippen molar-refractivity contribution in [1.82, 2.24) is 14.4 Å². The first-order valence-corrected chi connectivity index (χ1v) is 8.46. The van der Waals surface area contributed by atoms with E-state index in [-0.39, 0.29) is 0 Å². The highest BCUT2D eigenvalue weighted by molar-refractivity contribution is 5.80. The molecule has 0 fully saturated rings. The van der Waals surface area contributed by atoms with Crippen LogP contribution in [0.5, 0.6) is 5.75 Å². The minimum Gasteiger partial charge on any atom is -0.497 e. The summed E-state index contributed by atoms with van der Waals surface area (Å²) in [5.74, 6) is 1.74. The number of methoxy groups -OCH3 is 1. The Morgan fingerprint density at radius 2 is 1.85 bits per heavy atom. The molecule has 1 N–H and O–H groups in total. The summed E-state index contributed by atoms with van der Waals surface area (Å²) in [5.41, 5.74) is 6.18. The molecule has 0 aliphatic carbocycles. The van der Waals surface area contributed by atoms with Gasteiger partial charge in [-0.25, -0.2) is 4.98 Å². The van der Waals surface area contributed by atoms with Crippen molar-refractivity contribution >= 4 is 17.2 Å². The SMILES string of the molecule is COc1ccc(-c2nc3cnccn3c2Nc2ccc(C)cc2C)cc1. The van der Waals surface area contributed by atoms with Gasteiger partial charge in [-0.05, 0) is 49.7 Å². The van der Waals surface area contributed by atoms with Crippen molar-refractivity contribution in [3.05, 3.63) is 72.2 Å². The zero-order chi connectivity index (χ0) is 18.1. The van der Waals surface area contributed by atoms with Gasteiger partial charge in [0.15, 0.2) is 5.65 Å². The summed E-state index contributed by atoms with van der Waals surface area (Å²) < 4.78 is 7.29. The Morgan fingerprint density at radius 1 is 1.04 bits per heavy atom. The van der Waals surface area contributed by atoms with Crippen LogP contribution < -0.4 is 10.1 Å². The van der Waals surface area contributed by atoms with Crippen molar-refractivity contribution in [2.45, 2.75) is 13.8 Å². The Hall–Kier alpha value is -3.34. The van der Waals surface area contributed by atoms with E-state index < -0.39 is 0 Å². The summed E-state index contributed by atoms with van der Waals surface area (Å²) in [6.45, 7) is 4.20. The van der Waals surface area contributed by atoms with E-state index in [1.807, 2.05) is 34.9 Å². The maximum atomic E-state index is 5.27. The van der Waals surface area contributed by atoms with Gasteiger partial charge in [0.05, 0.1) is 13.3 Å². The molecule has 26 heavy (non-hydrogen) atoms. The Labute approximate surface area is 152 Å². The maximum Gasteiger partial charge on any atom is 0.157 e. The van der Waals surface area contributed by atoms with Gasteiger partial charge in [0.25, 0.3) is 0 Å². The van der Waals surface area contributed by atoms with Crippen LogP contribution >= 0.6 is 0 Å². The summed E-state index contributed by atoms with van der Waals surface area (Å²) in [4.78, 5) is 8.97. The highest BCUT2D eigenvalue weighted by Crippen LogP contribution is 2.32. The number of imidazole rings is 1. The van der Waals surface area contributed by atoms with Crippen molar-refractivity contribution in [3.63, 3.8) is 0 Å². The van der Waals surface area contributed by atoms with Crippen LogP contribution in [0.4, 0.5) is 11.5 Å². The Bertz CT molecular complexity index is 1070. The lowest BCUT2D eigenvalue weighted by molar-refractivity contribution is 0.415. The van der Waals surface area contributed by atoms with Gasteiger partial charge in [0, 0.05) is 23.6 Å². The second-order valence-electron chi connectivity index (χ2n) is 6.29. The second kappa shape index (κ2) is 6.52. The van der Waals surface area contributed by atoms with Crippen LogP contribution in [0.1, 0.15) is 11.1 Å². The third kappa shape index (κ3) is 2.88. The van der Waals surface area contributed by atoms with Crippen molar-refractivity contribution in [2.75, 3.05) is 12.4 Å². The average Bonchev–Trinajstić information content (AvgIpc) is 3.02. The lowest BCUT2D eigenvalue weighted by Crippen LogP contribution is -1.99. The molecule has 4 rings (SSSR count). The van der Waals surface area contributed by atoms with E-state index in [0.717, 1.165) is 34.2 Å². The van der Waals surface area contributed by atoms with Crippen molar-refractivity contribution in [1.29, 1.82) is 0 Å². The second-order valence-corrected chi connectivity index (χ2v) is 6.29. The smallest absolute Gasteiger partial charge is 0.157 e. The van der Waals surface area contributed by atoms with Crippen LogP contribution in [-0.2, 0) is 0 Å². The van der Waals surface area contributed by atoms with Crippen molar-refractivity contribution in [2.24, 2.45) is 0 Å². The largest absolute Gasteiger partial charge is 0.497 e. The number of aromatic nitrogens is 3. The number of nitrogens with zero attached hydrogens (tertiary/aromatic N) is 3. The van der Waals surface area contributed by atoms with Gasteiger partial charge in [0.1, 0.15) is 17.3 Å². The molecule has 2 aromatic heterocycles. The molecule has 0 aliphatic rings. The van der Waals surface area contributed by atoms with E-state index in [1.54, 1.807) is 19.5 Å². The number of aryl methyl sites for hydroxylation is 2. The molecular formula is C21H20N4O. The quantitative estimate of drug-likeness (QED) is 0.580. The number of rotatable bonds is 4. The fraction of sp³-hybridized carbons (Fsp3) is 0.143. The summed E-state index contributed by atoms with van der Waals surface area (Å²) in [6.07, 6.45) is 5.45. The Balaban J connectivity index is 1.85. The van der Waals surface area contributed by atoms with Crippen LogP contribution in [0, 0.1) is 13.8 Å². The van der Waals surface area contributed by atoms with Gasteiger partial charge in [-0.3, -0.25) is 9.38 Å². The van der Waals surface area contributed by atoms with Gasteiger partial charge >= 0.3 is 0 Å². The fourth-order valence-corrected chi connectivity index (χ4v) is 3.06. The molecule has 0 saturated carbocycles. The van der Waals surface area contributed by atoms with Gasteiger partial charge in [-0.15, -0.1) is 0 Å². The third-order valence-corrected chi connectivity index (χ3v) is 4.43. The van der Waals surface area contributed by atoms with Gasteiger partial charge < -0.3 is 10.1 Å². The van der Waals surface area contributed by atoms with E-state index in [0.29, 0.717) is 0 Å². The molecule has 0 aliphatic heterocycles. The number of hydrogen-bond acceptors (Lipinski definition) is 4. The highest BCUT2D eigenvalue weighted by atomic mass is 16.5. The molecule has 2 aromatic carbocycles. The van der Waals surface area contributed by atoms with E-state index in [4.69, 9.17) is 9.72 Å². The third-order valence-electron chi connectivity index (χ3n) is 4.43. The molecule has 2 heterocycles. The molecule has 0 radical (unpaired) electrons. The predicted molar refractivity (Wildman–Crippen MR) is 104 cm³/mol. The Kier molecular flexibility index (Phi) is 4.05. The molecule has 0 bridgehead atoms. The molecule has 0 atom stereocenters. The monoisotopic (exact) mass is 344 g/mol. The van der Waals surface area contributed by atoms with Crippen LogP contribution in [0.25, 0.3) is 16.9 Å². The lowest BCUT2D eigenvalue weighted by atomic mass is 10.1. The summed E-state index contributed by atoms with van der Waals surface area (Å²) >= 11 is 0. The zero-order valence-electron chi connectivity index (χ0n) is 15.0. The lowest BCUT2D eigenvalue weighted by Gasteiger charge is -2.12. The van der Waals surface area contributed by atoms with E-state index in [9.17, 15) is 0 Å². The van der Waals surface area contributed by atoms with Crippen LogP contribution in [0.2, 0.25) is 0 Å². The highest BCUT2D eigenvalue weighted by Gasteiger charge is 2.15. The number of hydrogen-bond donors (Lipinski definition) is 1. The number of benzene rings is 2. The maximum absolute atomic E-state index is 5.27. The molecular weight excluding hydrogens is 324 g/mol. The first kappa shape index (κ1) is 16.1. The molecule has 0 saturated heterocycles. The minimum absolute atomic E-state index is 0.797. The fourth-order valence-electron chi connectivity index (χ4n) is 3.06. The topological polar surface area (TPSA) is 51.5 Å². The van der Waals surface area contributed by atoms with Gasteiger partial charge in [-0.1, -0.05) is 17.7 Å². The Morgan fingerprint density at radius 3 is 2.58 bits per heavy atom. The molecule has 130 valence electrons.